The van der Waals surface area contributed by atoms with Gasteiger partial charge in [-0.3, -0.25) is 4.79 Å². The zero-order chi connectivity index (χ0) is 11.4. The summed E-state index contributed by atoms with van der Waals surface area (Å²) in [5, 5.41) is 2.42. The molecular formula is C10H11BrFNO2. The van der Waals surface area contributed by atoms with Gasteiger partial charge in [0.25, 0.3) is 5.91 Å². The standard InChI is InChI=1S/C10H11BrFNO2/c1-6(10(14)13-2)15-9-5-7(11)3-4-8(9)12/h3-6H,1-2H3,(H,13,14). The van der Waals surface area contributed by atoms with E-state index in [9.17, 15) is 9.18 Å². The lowest BCUT2D eigenvalue weighted by molar-refractivity contribution is -0.126. The van der Waals surface area contributed by atoms with E-state index in [1.807, 2.05) is 0 Å². The number of carbonyl (C=O) groups excluding carboxylic acids is 1. The van der Waals surface area contributed by atoms with Gasteiger partial charge in [-0.1, -0.05) is 15.9 Å². The molecule has 0 aliphatic rings. The molecule has 0 aliphatic carbocycles. The Hall–Kier alpha value is -1.10. The van der Waals surface area contributed by atoms with Gasteiger partial charge in [-0.25, -0.2) is 4.39 Å². The molecule has 1 aromatic rings. The predicted octanol–water partition coefficient (Wildman–Crippen LogP) is 2.10. The maximum Gasteiger partial charge on any atom is 0.260 e. The predicted molar refractivity (Wildman–Crippen MR) is 58.3 cm³/mol. The summed E-state index contributed by atoms with van der Waals surface area (Å²) in [4.78, 5) is 11.1. The fourth-order valence-corrected chi connectivity index (χ4v) is 1.35. The van der Waals surface area contributed by atoms with Gasteiger partial charge in [0.15, 0.2) is 17.7 Å². The molecule has 0 saturated heterocycles. The first-order valence-corrected chi connectivity index (χ1v) is 5.17. The van der Waals surface area contributed by atoms with Crippen molar-refractivity contribution in [2.45, 2.75) is 13.0 Å². The maximum atomic E-state index is 13.2. The van der Waals surface area contributed by atoms with Crippen molar-refractivity contribution in [3.8, 4) is 5.75 Å². The minimum atomic E-state index is -0.723. The van der Waals surface area contributed by atoms with E-state index in [0.717, 1.165) is 0 Å². The number of nitrogens with one attached hydrogen (secondary N) is 1. The van der Waals surface area contributed by atoms with Crippen LogP contribution in [0.4, 0.5) is 4.39 Å². The number of rotatable bonds is 3. The fourth-order valence-electron chi connectivity index (χ4n) is 1.01. The first-order valence-electron chi connectivity index (χ1n) is 4.38. The van der Waals surface area contributed by atoms with Gasteiger partial charge < -0.3 is 10.1 Å². The van der Waals surface area contributed by atoms with Crippen LogP contribution in [0.1, 0.15) is 6.92 Å². The molecule has 15 heavy (non-hydrogen) atoms. The number of ether oxygens (including phenoxy) is 1. The summed E-state index contributed by atoms with van der Waals surface area (Å²) in [7, 11) is 1.50. The van der Waals surface area contributed by atoms with Crippen molar-refractivity contribution >= 4 is 21.8 Å². The largest absolute Gasteiger partial charge is 0.478 e. The number of likely N-dealkylation sites (N-methyl/N-ethyl adjacent to an activating group) is 1. The van der Waals surface area contributed by atoms with Crippen molar-refractivity contribution in [1.82, 2.24) is 5.32 Å². The van der Waals surface area contributed by atoms with Crippen LogP contribution in [0.25, 0.3) is 0 Å². The molecule has 5 heteroatoms. The summed E-state index contributed by atoms with van der Waals surface area (Å²) in [5.74, 6) is -0.733. The Labute approximate surface area is 95.7 Å². The van der Waals surface area contributed by atoms with Gasteiger partial charge in [-0.05, 0) is 25.1 Å². The molecule has 1 unspecified atom stereocenters. The lowest BCUT2D eigenvalue weighted by Gasteiger charge is -2.13. The van der Waals surface area contributed by atoms with Gasteiger partial charge in [-0.15, -0.1) is 0 Å². The number of amides is 1. The van der Waals surface area contributed by atoms with Crippen molar-refractivity contribution in [3.05, 3.63) is 28.5 Å². The molecule has 0 fully saturated rings. The smallest absolute Gasteiger partial charge is 0.260 e. The van der Waals surface area contributed by atoms with E-state index in [1.165, 1.54) is 19.2 Å². The van der Waals surface area contributed by atoms with E-state index < -0.39 is 11.9 Å². The first kappa shape index (κ1) is 12.0. The van der Waals surface area contributed by atoms with Gasteiger partial charge in [0.1, 0.15) is 0 Å². The quantitative estimate of drug-likeness (QED) is 0.918. The molecule has 1 amide bonds. The molecule has 1 rings (SSSR count). The lowest BCUT2D eigenvalue weighted by atomic mass is 10.3. The van der Waals surface area contributed by atoms with Crippen molar-refractivity contribution in [3.63, 3.8) is 0 Å². The highest BCUT2D eigenvalue weighted by atomic mass is 79.9. The van der Waals surface area contributed by atoms with Crippen molar-refractivity contribution in [1.29, 1.82) is 0 Å². The van der Waals surface area contributed by atoms with Crippen LogP contribution in [0.15, 0.2) is 22.7 Å². The van der Waals surface area contributed by atoms with Crippen LogP contribution in [0.5, 0.6) is 5.75 Å². The van der Waals surface area contributed by atoms with Gasteiger partial charge in [-0.2, -0.15) is 0 Å². The highest BCUT2D eigenvalue weighted by molar-refractivity contribution is 9.10. The number of benzene rings is 1. The van der Waals surface area contributed by atoms with Crippen molar-refractivity contribution in [2.24, 2.45) is 0 Å². The topological polar surface area (TPSA) is 38.3 Å². The van der Waals surface area contributed by atoms with E-state index >= 15 is 0 Å². The molecular weight excluding hydrogens is 265 g/mol. The van der Waals surface area contributed by atoms with E-state index in [-0.39, 0.29) is 11.7 Å². The average molecular weight is 276 g/mol. The Bertz CT molecular complexity index is 370. The Morgan fingerprint density at radius 1 is 1.60 bits per heavy atom. The summed E-state index contributed by atoms with van der Waals surface area (Å²) in [6.45, 7) is 1.55. The molecule has 1 N–H and O–H groups in total. The average Bonchev–Trinajstić information content (AvgIpc) is 2.22. The molecule has 1 atom stereocenters. The monoisotopic (exact) mass is 275 g/mol. The van der Waals surface area contributed by atoms with Gasteiger partial charge >= 0.3 is 0 Å². The van der Waals surface area contributed by atoms with Crippen molar-refractivity contribution in [2.75, 3.05) is 7.05 Å². The first-order chi connectivity index (χ1) is 7.04. The number of carbonyl (C=O) groups is 1. The molecule has 82 valence electrons. The van der Waals surface area contributed by atoms with E-state index in [1.54, 1.807) is 13.0 Å². The summed E-state index contributed by atoms with van der Waals surface area (Å²) >= 11 is 3.19. The van der Waals surface area contributed by atoms with Crippen LogP contribution in [-0.4, -0.2) is 19.1 Å². The van der Waals surface area contributed by atoms with Crippen LogP contribution in [0.3, 0.4) is 0 Å². The summed E-state index contributed by atoms with van der Waals surface area (Å²) in [5.41, 5.74) is 0. The minimum absolute atomic E-state index is 0.0560. The zero-order valence-corrected chi connectivity index (χ0v) is 9.97. The maximum absolute atomic E-state index is 13.2. The SMILES string of the molecule is CNC(=O)C(C)Oc1cc(Br)ccc1F. The highest BCUT2D eigenvalue weighted by Crippen LogP contribution is 2.23. The zero-order valence-electron chi connectivity index (χ0n) is 8.38. The molecule has 0 radical (unpaired) electrons. The molecule has 0 spiro atoms. The Morgan fingerprint density at radius 3 is 2.87 bits per heavy atom. The Morgan fingerprint density at radius 2 is 2.27 bits per heavy atom. The highest BCUT2D eigenvalue weighted by Gasteiger charge is 2.14. The Kier molecular flexibility index (Phi) is 4.08. The summed E-state index contributed by atoms with van der Waals surface area (Å²) in [6, 6.07) is 4.32. The molecule has 0 saturated carbocycles. The lowest BCUT2D eigenvalue weighted by Crippen LogP contribution is -2.33. The normalized spacial score (nSPS) is 12.0. The molecule has 0 heterocycles. The van der Waals surface area contributed by atoms with Gasteiger partial charge in [0, 0.05) is 11.5 Å². The van der Waals surface area contributed by atoms with E-state index in [4.69, 9.17) is 4.74 Å². The van der Waals surface area contributed by atoms with E-state index in [0.29, 0.717) is 4.47 Å². The second-order valence-corrected chi connectivity index (χ2v) is 3.86. The minimum Gasteiger partial charge on any atom is -0.478 e. The van der Waals surface area contributed by atoms with Crippen LogP contribution in [0.2, 0.25) is 0 Å². The second kappa shape index (κ2) is 5.11. The third-order valence-corrected chi connectivity index (χ3v) is 2.31. The summed E-state index contributed by atoms with van der Waals surface area (Å²) in [6.07, 6.45) is -0.723. The third kappa shape index (κ3) is 3.20. The third-order valence-electron chi connectivity index (χ3n) is 1.81. The number of halogens is 2. The van der Waals surface area contributed by atoms with E-state index in [2.05, 4.69) is 21.2 Å². The second-order valence-electron chi connectivity index (χ2n) is 2.95. The fraction of sp³-hybridized carbons (Fsp3) is 0.300. The van der Waals surface area contributed by atoms with Crippen LogP contribution in [-0.2, 0) is 4.79 Å². The van der Waals surface area contributed by atoms with Crippen molar-refractivity contribution < 1.29 is 13.9 Å². The summed E-state index contributed by atoms with van der Waals surface area (Å²) < 4.78 is 19.1. The Balaban J connectivity index is 2.80. The van der Waals surface area contributed by atoms with Gasteiger partial charge in [0.2, 0.25) is 0 Å². The van der Waals surface area contributed by atoms with Crippen LogP contribution < -0.4 is 10.1 Å². The molecule has 1 aromatic carbocycles. The van der Waals surface area contributed by atoms with Crippen LogP contribution >= 0.6 is 15.9 Å². The number of hydrogen-bond acceptors (Lipinski definition) is 2. The molecule has 3 nitrogen and oxygen atoms in total. The molecule has 0 bridgehead atoms. The number of hydrogen-bond donors (Lipinski definition) is 1. The van der Waals surface area contributed by atoms with Crippen LogP contribution in [0, 0.1) is 5.82 Å². The molecule has 0 aliphatic heterocycles. The molecule has 0 aromatic heterocycles. The van der Waals surface area contributed by atoms with Gasteiger partial charge in [0.05, 0.1) is 0 Å².